The summed E-state index contributed by atoms with van der Waals surface area (Å²) in [5.41, 5.74) is 2.54. The van der Waals surface area contributed by atoms with Crippen molar-refractivity contribution >= 4 is 57.1 Å². The third-order valence-electron chi connectivity index (χ3n) is 19.1. The lowest BCUT2D eigenvalue weighted by atomic mass is 9.65. The lowest BCUT2D eigenvalue weighted by Crippen LogP contribution is -2.57. The SMILES string of the molecule is CCc1cccc2cc(OCOC)cc(-c3ncc4c(N5CC6CCC(C5)N6C(=O)OC(C)(C)C)nc(OCC5(CN6CCN(CC7CCC8(CC7)CCN(C(=O)c7ccc(OC)c(N9CCC(=O)NC9=O)c7)CC8)CC6)CC5)nc4c3F)c12. The number of hydrogen-bond donors (Lipinski definition) is 1. The fourth-order valence-corrected chi connectivity index (χ4v) is 14.3. The van der Waals surface area contributed by atoms with Crippen molar-refractivity contribution in [2.24, 2.45) is 16.7 Å². The number of benzene rings is 3. The number of amides is 5. The van der Waals surface area contributed by atoms with Gasteiger partial charge in [-0.25, -0.2) is 14.0 Å². The number of urea groups is 1. The fraction of sp³-hybridized carbons (Fsp3) is 0.578. The van der Waals surface area contributed by atoms with E-state index in [1.54, 1.807) is 31.5 Å². The molecule has 19 nitrogen and oxygen atoms in total. The Morgan fingerprint density at radius 3 is 2.25 bits per heavy atom. The van der Waals surface area contributed by atoms with E-state index in [4.69, 9.17) is 38.6 Å². The molecule has 2 aromatic heterocycles. The smallest absolute Gasteiger partial charge is 0.410 e. The Morgan fingerprint density at radius 2 is 1.57 bits per heavy atom. The summed E-state index contributed by atoms with van der Waals surface area (Å²) in [6.45, 7) is 16.9. The number of nitrogens with one attached hydrogen (secondary N) is 1. The highest BCUT2D eigenvalue weighted by Crippen LogP contribution is 2.49. The Hall–Kier alpha value is -6.90. The minimum Gasteiger partial charge on any atom is -0.495 e. The van der Waals surface area contributed by atoms with Crippen LogP contribution in [0.25, 0.3) is 32.9 Å². The number of piperidine rings is 1. The van der Waals surface area contributed by atoms with Crippen LogP contribution < -0.4 is 29.3 Å². The number of aromatic nitrogens is 3. The molecule has 448 valence electrons. The minimum absolute atomic E-state index is 0.0366. The molecule has 2 unspecified atom stereocenters. The zero-order valence-corrected chi connectivity index (χ0v) is 49.7. The number of aryl methyl sites for hydroxylation is 1. The molecular weight excluding hydrogens is 1070 g/mol. The van der Waals surface area contributed by atoms with Crippen molar-refractivity contribution in [2.75, 3.05) is 109 Å². The summed E-state index contributed by atoms with van der Waals surface area (Å²) >= 11 is 0. The molecule has 20 heteroatoms. The zero-order chi connectivity index (χ0) is 58.5. The summed E-state index contributed by atoms with van der Waals surface area (Å²) in [5, 5.41) is 4.65. The van der Waals surface area contributed by atoms with Crippen molar-refractivity contribution in [3.05, 3.63) is 71.7 Å². The van der Waals surface area contributed by atoms with Crippen LogP contribution in [0, 0.1) is 22.6 Å². The number of rotatable bonds is 16. The Bertz CT molecular complexity index is 3290. The van der Waals surface area contributed by atoms with E-state index in [1.807, 2.05) is 54.8 Å². The van der Waals surface area contributed by atoms with Gasteiger partial charge in [0.25, 0.3) is 5.91 Å². The summed E-state index contributed by atoms with van der Waals surface area (Å²) in [7, 11) is 3.10. The van der Waals surface area contributed by atoms with Crippen LogP contribution in [0.4, 0.5) is 25.5 Å². The molecule has 2 aliphatic carbocycles. The summed E-state index contributed by atoms with van der Waals surface area (Å²) in [6.07, 6.45) is 12.8. The third-order valence-corrected chi connectivity index (χ3v) is 19.1. The Morgan fingerprint density at radius 1 is 0.833 bits per heavy atom. The van der Waals surface area contributed by atoms with Crippen molar-refractivity contribution in [3.63, 3.8) is 0 Å². The predicted molar refractivity (Wildman–Crippen MR) is 317 cm³/mol. The lowest BCUT2D eigenvalue weighted by molar-refractivity contribution is -0.120. The number of anilines is 2. The van der Waals surface area contributed by atoms with E-state index in [-0.39, 0.29) is 77.8 Å². The molecule has 84 heavy (non-hydrogen) atoms. The third kappa shape index (κ3) is 11.9. The van der Waals surface area contributed by atoms with E-state index in [1.165, 1.54) is 37.7 Å². The summed E-state index contributed by atoms with van der Waals surface area (Å²) in [4.78, 5) is 79.5. The van der Waals surface area contributed by atoms with Crippen LogP contribution in [-0.4, -0.2) is 176 Å². The first-order valence-corrected chi connectivity index (χ1v) is 30.5. The first kappa shape index (κ1) is 57.5. The van der Waals surface area contributed by atoms with Crippen molar-refractivity contribution in [3.8, 4) is 28.8 Å². The van der Waals surface area contributed by atoms with Gasteiger partial charge in [-0.2, -0.15) is 9.97 Å². The number of imide groups is 1. The van der Waals surface area contributed by atoms with Crippen molar-refractivity contribution in [1.82, 2.24) is 39.9 Å². The summed E-state index contributed by atoms with van der Waals surface area (Å²) in [5.74, 6) is 1.29. The van der Waals surface area contributed by atoms with Gasteiger partial charge in [-0.3, -0.25) is 29.7 Å². The maximum absolute atomic E-state index is 17.7. The van der Waals surface area contributed by atoms with Gasteiger partial charge in [0.1, 0.15) is 34.1 Å². The van der Waals surface area contributed by atoms with Crippen LogP contribution in [0.1, 0.15) is 114 Å². The summed E-state index contributed by atoms with van der Waals surface area (Å²) in [6, 6.07) is 14.5. The number of pyridine rings is 1. The molecule has 2 saturated carbocycles. The van der Waals surface area contributed by atoms with Gasteiger partial charge in [0, 0.05) is 108 Å². The maximum atomic E-state index is 17.7. The highest BCUT2D eigenvalue weighted by molar-refractivity contribution is 6.07. The standard InChI is InChI=1S/C64H81FN10O9/c1-7-42-9-8-10-43-31-47(83-40-80-5)33-48(53(42)43)55-54(65)56-49(34-66-55)57(73-36-45-12-13-46(37-73)75(45)61(79)84-62(2,3)4)69-59(68-56)82-39-64(20-21-64)38-71-29-27-70(28-30-71)35-41-15-18-63(19-16-41)22-25-72(26-23-63)58(77)44-11-14-51(81-6)50(32-44)74-24-17-52(76)67-60(74)78/h8-11,14,31-34,41,45-46H,7,12-13,15-30,35-40H2,1-6H3,(H,67,76,78). The largest absolute Gasteiger partial charge is 0.495 e. The Labute approximate surface area is 491 Å². The number of carbonyl (C=O) groups excluding carboxylic acids is 4. The molecule has 5 aromatic rings. The molecule has 3 aromatic carbocycles. The number of carbonyl (C=O) groups is 4. The van der Waals surface area contributed by atoms with E-state index >= 15 is 4.39 Å². The first-order chi connectivity index (χ1) is 40.5. The second kappa shape index (κ2) is 23.5. The number of likely N-dealkylation sites (tertiary alicyclic amines) is 1. The van der Waals surface area contributed by atoms with Crippen molar-refractivity contribution < 1.29 is 47.3 Å². The Balaban J connectivity index is 0.683. The molecule has 7 heterocycles. The number of ether oxygens (including phenoxy) is 5. The van der Waals surface area contributed by atoms with Gasteiger partial charge < -0.3 is 43.3 Å². The van der Waals surface area contributed by atoms with Crippen molar-refractivity contribution in [1.29, 1.82) is 0 Å². The average molecular weight is 1150 g/mol. The number of nitrogens with zero attached hydrogens (tertiary/aromatic N) is 9. The highest BCUT2D eigenvalue weighted by atomic mass is 19.1. The van der Waals surface area contributed by atoms with E-state index in [0.717, 1.165) is 101 Å². The van der Waals surface area contributed by atoms with Crippen LogP contribution in [0.5, 0.6) is 17.5 Å². The molecule has 12 rings (SSSR count). The number of piperazine rings is 2. The lowest BCUT2D eigenvalue weighted by Gasteiger charge is -2.47. The van der Waals surface area contributed by atoms with Crippen LogP contribution in [-0.2, 0) is 20.7 Å². The molecule has 5 saturated heterocycles. The second-order valence-electron chi connectivity index (χ2n) is 25.8. The minimum atomic E-state index is -0.623. The molecule has 2 atom stereocenters. The van der Waals surface area contributed by atoms with Gasteiger partial charge in [-0.1, -0.05) is 25.1 Å². The molecule has 7 fully saturated rings. The van der Waals surface area contributed by atoms with Gasteiger partial charge in [0.05, 0.1) is 36.9 Å². The Kier molecular flexibility index (Phi) is 16.1. The van der Waals surface area contributed by atoms with E-state index in [9.17, 15) is 19.2 Å². The fourth-order valence-electron chi connectivity index (χ4n) is 14.3. The predicted octanol–water partition coefficient (Wildman–Crippen LogP) is 9.46. The van der Waals surface area contributed by atoms with Crippen molar-refractivity contribution in [2.45, 2.75) is 122 Å². The van der Waals surface area contributed by atoms with E-state index < -0.39 is 17.4 Å². The number of hydrogen-bond acceptors (Lipinski definition) is 15. The average Bonchev–Trinajstić information content (AvgIpc) is 2.04. The molecule has 5 aliphatic heterocycles. The molecule has 1 N–H and O–H groups in total. The van der Waals surface area contributed by atoms with Gasteiger partial charge in [0.15, 0.2) is 12.6 Å². The van der Waals surface area contributed by atoms with Gasteiger partial charge in [-0.05, 0) is 149 Å². The number of fused-ring (bicyclic) bond motifs is 4. The number of halogens is 1. The first-order valence-electron chi connectivity index (χ1n) is 30.5. The van der Waals surface area contributed by atoms with Crippen LogP contribution >= 0.6 is 0 Å². The molecular formula is C64H81FN10O9. The highest BCUT2D eigenvalue weighted by Gasteiger charge is 2.48. The van der Waals surface area contributed by atoms with E-state index in [2.05, 4.69) is 33.0 Å². The van der Waals surface area contributed by atoms with E-state index in [0.29, 0.717) is 78.2 Å². The second-order valence-corrected chi connectivity index (χ2v) is 25.8. The molecule has 7 aliphatic rings. The normalized spacial score (nSPS) is 22.0. The van der Waals surface area contributed by atoms with Crippen LogP contribution in [0.3, 0.4) is 0 Å². The van der Waals surface area contributed by atoms with Gasteiger partial charge in [-0.15, -0.1) is 0 Å². The molecule has 5 amide bonds. The quantitative estimate of drug-likeness (QED) is 0.0921. The number of methoxy groups -OCH3 is 2. The molecule has 2 bridgehead atoms. The molecule has 1 spiro atoms. The van der Waals surface area contributed by atoms with Gasteiger partial charge in [0.2, 0.25) is 5.91 Å². The van der Waals surface area contributed by atoms with Crippen LogP contribution in [0.2, 0.25) is 0 Å². The van der Waals surface area contributed by atoms with Gasteiger partial charge >= 0.3 is 18.1 Å². The molecule has 0 radical (unpaired) electrons. The summed E-state index contributed by atoms with van der Waals surface area (Å²) < 4.78 is 47.0. The topological polar surface area (TPSA) is 185 Å². The maximum Gasteiger partial charge on any atom is 0.410 e. The van der Waals surface area contributed by atoms with Crippen LogP contribution in [0.15, 0.2) is 54.7 Å². The zero-order valence-electron chi connectivity index (χ0n) is 49.7. The monoisotopic (exact) mass is 1150 g/mol.